The van der Waals surface area contributed by atoms with E-state index in [9.17, 15) is 4.79 Å². The maximum atomic E-state index is 12.9. The Morgan fingerprint density at radius 1 is 1.32 bits per heavy atom. The molecule has 0 aliphatic carbocycles. The van der Waals surface area contributed by atoms with Gasteiger partial charge < -0.3 is 9.32 Å². The highest BCUT2D eigenvalue weighted by atomic mass is 32.2. The van der Waals surface area contributed by atoms with Gasteiger partial charge in [0, 0.05) is 12.2 Å². The van der Waals surface area contributed by atoms with Crippen molar-refractivity contribution in [1.82, 2.24) is 20.2 Å². The van der Waals surface area contributed by atoms with Crippen molar-refractivity contribution in [1.29, 1.82) is 5.26 Å². The fourth-order valence-electron chi connectivity index (χ4n) is 2.61. The highest BCUT2D eigenvalue weighted by Gasteiger charge is 2.18. The summed E-state index contributed by atoms with van der Waals surface area (Å²) < 4.78 is 6.91. The molecule has 8 nitrogen and oxygen atoms in total. The molecule has 1 aromatic carbocycles. The molecular formula is C19H20N6O2S. The summed E-state index contributed by atoms with van der Waals surface area (Å²) in [5.41, 5.74) is 3.05. The van der Waals surface area contributed by atoms with E-state index in [1.807, 2.05) is 38.1 Å². The molecule has 3 rings (SSSR count). The van der Waals surface area contributed by atoms with E-state index < -0.39 is 0 Å². The van der Waals surface area contributed by atoms with Crippen LogP contribution in [0.3, 0.4) is 0 Å². The van der Waals surface area contributed by atoms with Crippen LogP contribution >= 0.6 is 11.8 Å². The van der Waals surface area contributed by atoms with Gasteiger partial charge >= 0.3 is 0 Å². The molecule has 0 N–H and O–H groups in total. The Bertz CT molecular complexity index is 977. The molecule has 0 saturated carbocycles. The summed E-state index contributed by atoms with van der Waals surface area (Å²) in [4.78, 5) is 14.5. The molecule has 0 aliphatic heterocycles. The molecule has 0 unspecified atom stereocenters. The van der Waals surface area contributed by atoms with Gasteiger partial charge in [0.15, 0.2) is 0 Å². The number of furan rings is 1. The standard InChI is InChI=1S/C19H20N6O2S/c1-14-6-7-16(11-15(14)2)24(9-4-8-20)18(26)13-28-19-21-22-23-25(19)12-17-5-3-10-27-17/h3,5-7,10-11H,4,9,12-13H2,1-2H3. The van der Waals surface area contributed by atoms with Crippen molar-refractivity contribution in [2.75, 3.05) is 17.2 Å². The molecule has 0 radical (unpaired) electrons. The third-order valence-corrected chi connectivity index (χ3v) is 5.20. The number of hydrogen-bond acceptors (Lipinski definition) is 7. The summed E-state index contributed by atoms with van der Waals surface area (Å²) in [6.07, 6.45) is 1.85. The van der Waals surface area contributed by atoms with Crippen molar-refractivity contribution in [3.05, 3.63) is 53.5 Å². The first-order valence-electron chi connectivity index (χ1n) is 8.74. The number of rotatable bonds is 8. The van der Waals surface area contributed by atoms with Crippen molar-refractivity contribution in [3.8, 4) is 6.07 Å². The zero-order valence-corrected chi connectivity index (χ0v) is 16.5. The zero-order chi connectivity index (χ0) is 19.9. The number of benzene rings is 1. The van der Waals surface area contributed by atoms with Crippen LogP contribution in [0, 0.1) is 25.2 Å². The smallest absolute Gasteiger partial charge is 0.237 e. The second-order valence-corrected chi connectivity index (χ2v) is 7.15. The largest absolute Gasteiger partial charge is 0.467 e. The maximum absolute atomic E-state index is 12.9. The molecule has 2 aromatic heterocycles. The Kier molecular flexibility index (Phi) is 6.45. The highest BCUT2D eigenvalue weighted by molar-refractivity contribution is 7.99. The lowest BCUT2D eigenvalue weighted by atomic mass is 10.1. The molecule has 2 heterocycles. The normalized spacial score (nSPS) is 10.6. The van der Waals surface area contributed by atoms with E-state index in [2.05, 4.69) is 21.6 Å². The SMILES string of the molecule is Cc1ccc(N(CCC#N)C(=O)CSc2nnnn2Cc2ccco2)cc1C. The molecule has 3 aromatic rings. The van der Waals surface area contributed by atoms with Crippen LogP contribution in [-0.2, 0) is 11.3 Å². The first kappa shape index (κ1) is 19.6. The second-order valence-electron chi connectivity index (χ2n) is 6.21. The Balaban J connectivity index is 1.70. The van der Waals surface area contributed by atoms with E-state index in [0.717, 1.165) is 22.6 Å². The van der Waals surface area contributed by atoms with Gasteiger partial charge in [0.05, 0.1) is 24.5 Å². The molecule has 9 heteroatoms. The lowest BCUT2D eigenvalue weighted by Crippen LogP contribution is -2.33. The van der Waals surface area contributed by atoms with E-state index in [1.165, 1.54) is 11.8 Å². The number of aryl methyl sites for hydroxylation is 2. The van der Waals surface area contributed by atoms with E-state index >= 15 is 0 Å². The van der Waals surface area contributed by atoms with Crippen LogP contribution in [0.1, 0.15) is 23.3 Å². The highest BCUT2D eigenvalue weighted by Crippen LogP contribution is 2.22. The van der Waals surface area contributed by atoms with Crippen LogP contribution in [0.25, 0.3) is 0 Å². The number of carbonyl (C=O) groups is 1. The number of nitrogens with zero attached hydrogens (tertiary/aromatic N) is 6. The quantitative estimate of drug-likeness (QED) is 0.540. The van der Waals surface area contributed by atoms with Gasteiger partial charge in [-0.3, -0.25) is 4.79 Å². The van der Waals surface area contributed by atoms with E-state index in [-0.39, 0.29) is 18.1 Å². The zero-order valence-electron chi connectivity index (χ0n) is 15.7. The van der Waals surface area contributed by atoms with Gasteiger partial charge in [-0.2, -0.15) is 5.26 Å². The third kappa shape index (κ3) is 4.78. The van der Waals surface area contributed by atoms with Crippen molar-refractivity contribution < 1.29 is 9.21 Å². The minimum absolute atomic E-state index is 0.101. The molecule has 0 bridgehead atoms. The molecule has 0 fully saturated rings. The molecule has 28 heavy (non-hydrogen) atoms. The van der Waals surface area contributed by atoms with E-state index in [1.54, 1.807) is 21.9 Å². The molecule has 0 atom stereocenters. The van der Waals surface area contributed by atoms with Gasteiger partial charge in [0.25, 0.3) is 0 Å². The predicted molar refractivity (Wildman–Crippen MR) is 105 cm³/mol. The monoisotopic (exact) mass is 396 g/mol. The number of anilines is 1. The van der Waals surface area contributed by atoms with Crippen LogP contribution in [-0.4, -0.2) is 38.4 Å². The van der Waals surface area contributed by atoms with Crippen molar-refractivity contribution in [2.24, 2.45) is 0 Å². The van der Waals surface area contributed by atoms with Gasteiger partial charge in [0.1, 0.15) is 12.3 Å². The summed E-state index contributed by atoms with van der Waals surface area (Å²) >= 11 is 1.26. The minimum atomic E-state index is -0.101. The minimum Gasteiger partial charge on any atom is -0.467 e. The predicted octanol–water partition coefficient (Wildman–Crippen LogP) is 2.97. The van der Waals surface area contributed by atoms with Crippen LogP contribution < -0.4 is 4.90 Å². The average Bonchev–Trinajstić information content (AvgIpc) is 3.35. The fourth-order valence-corrected chi connectivity index (χ4v) is 3.36. The summed E-state index contributed by atoms with van der Waals surface area (Å²) in [7, 11) is 0. The molecule has 0 spiro atoms. The first-order chi connectivity index (χ1) is 13.6. The number of tetrazole rings is 1. The Morgan fingerprint density at radius 3 is 2.89 bits per heavy atom. The van der Waals surface area contributed by atoms with E-state index in [4.69, 9.17) is 9.68 Å². The van der Waals surface area contributed by atoms with Crippen LogP contribution in [0.15, 0.2) is 46.2 Å². The van der Waals surface area contributed by atoms with Crippen LogP contribution in [0.4, 0.5) is 5.69 Å². The van der Waals surface area contributed by atoms with Crippen molar-refractivity contribution in [2.45, 2.75) is 32.0 Å². The first-order valence-corrected chi connectivity index (χ1v) is 9.73. The number of amides is 1. The molecular weight excluding hydrogens is 376 g/mol. The van der Waals surface area contributed by atoms with Gasteiger partial charge in [-0.1, -0.05) is 17.8 Å². The third-order valence-electron chi connectivity index (χ3n) is 4.26. The maximum Gasteiger partial charge on any atom is 0.237 e. The van der Waals surface area contributed by atoms with Crippen molar-refractivity contribution in [3.63, 3.8) is 0 Å². The van der Waals surface area contributed by atoms with Crippen LogP contribution in [0.2, 0.25) is 0 Å². The van der Waals surface area contributed by atoms with Gasteiger partial charge in [0.2, 0.25) is 11.1 Å². The number of carbonyl (C=O) groups excluding carboxylic acids is 1. The summed E-state index contributed by atoms with van der Waals surface area (Å²) in [6, 6.07) is 11.6. The Labute approximate surface area is 167 Å². The summed E-state index contributed by atoms with van der Waals surface area (Å²) in [5, 5.41) is 21.1. The van der Waals surface area contributed by atoms with Gasteiger partial charge in [-0.15, -0.1) is 5.10 Å². The molecule has 1 amide bonds. The number of aromatic nitrogens is 4. The molecule has 0 aliphatic rings. The Hall–Kier alpha value is -3.12. The number of nitriles is 1. The number of thioether (sulfide) groups is 1. The fraction of sp³-hybridized carbons (Fsp3) is 0.316. The lowest BCUT2D eigenvalue weighted by Gasteiger charge is -2.22. The van der Waals surface area contributed by atoms with Gasteiger partial charge in [-0.05, 0) is 59.7 Å². The Morgan fingerprint density at radius 2 is 2.18 bits per heavy atom. The number of hydrogen-bond donors (Lipinski definition) is 0. The topological polar surface area (TPSA) is 101 Å². The summed E-state index contributed by atoms with van der Waals surface area (Å²) in [5.74, 6) is 0.791. The lowest BCUT2D eigenvalue weighted by molar-refractivity contribution is -0.116. The molecule has 0 saturated heterocycles. The molecule has 144 valence electrons. The average molecular weight is 396 g/mol. The van der Waals surface area contributed by atoms with Gasteiger partial charge in [-0.25, -0.2) is 4.68 Å². The summed E-state index contributed by atoms with van der Waals surface area (Å²) in [6.45, 7) is 4.76. The second kappa shape index (κ2) is 9.19. The van der Waals surface area contributed by atoms with Crippen molar-refractivity contribution >= 4 is 23.4 Å². The van der Waals surface area contributed by atoms with E-state index in [0.29, 0.717) is 18.2 Å². The van der Waals surface area contributed by atoms with Crippen LogP contribution in [0.5, 0.6) is 0 Å².